The van der Waals surface area contributed by atoms with E-state index in [1.165, 1.54) is 0 Å². The fourth-order valence-electron chi connectivity index (χ4n) is 3.78. The molecule has 0 bridgehead atoms. The second kappa shape index (κ2) is 9.24. The van der Waals surface area contributed by atoms with E-state index in [0.717, 1.165) is 35.8 Å². The number of nitrogens with zero attached hydrogens (tertiary/aromatic N) is 1. The molecule has 1 aliphatic carbocycles. The molecular formula is C20H29ClN4O3S. The Labute approximate surface area is 177 Å². The number of aliphatic hydroxyl groups is 1. The summed E-state index contributed by atoms with van der Waals surface area (Å²) in [6, 6.07) is 3.25. The second-order valence-electron chi connectivity index (χ2n) is 7.82. The molecule has 0 saturated carbocycles. The van der Waals surface area contributed by atoms with Crippen LogP contribution in [0.3, 0.4) is 0 Å². The van der Waals surface area contributed by atoms with E-state index in [1.807, 2.05) is 20.8 Å². The van der Waals surface area contributed by atoms with Gasteiger partial charge in [0.25, 0.3) is 0 Å². The summed E-state index contributed by atoms with van der Waals surface area (Å²) < 4.78 is 28.8. The highest BCUT2D eigenvalue weighted by molar-refractivity contribution is 7.89. The summed E-state index contributed by atoms with van der Waals surface area (Å²) in [6.45, 7) is 6.83. The Bertz CT molecular complexity index is 981. The maximum absolute atomic E-state index is 13.1. The predicted octanol–water partition coefficient (Wildman–Crippen LogP) is 2.67. The van der Waals surface area contributed by atoms with Crippen molar-refractivity contribution >= 4 is 32.4 Å². The summed E-state index contributed by atoms with van der Waals surface area (Å²) in [6.07, 6.45) is 3.30. The standard InChI is InChI=1S/C20H29ClN4O3S/c1-4-22-20(26)25-16-7-5-6-13-8-17(29(27,28)24-10-12(2)3)14-9-18(21)23-11-15(14)19(13)16/h8-9,11-12,16,20,22,24-26H,4-7,10H2,1-3H3. The molecule has 0 saturated heterocycles. The van der Waals surface area contributed by atoms with E-state index in [0.29, 0.717) is 18.5 Å². The van der Waals surface area contributed by atoms with Crippen LogP contribution < -0.4 is 15.4 Å². The van der Waals surface area contributed by atoms with E-state index >= 15 is 0 Å². The molecular weight excluding hydrogens is 412 g/mol. The highest BCUT2D eigenvalue weighted by atomic mass is 35.5. The van der Waals surface area contributed by atoms with Gasteiger partial charge < -0.3 is 5.11 Å². The molecule has 7 nitrogen and oxygen atoms in total. The van der Waals surface area contributed by atoms with Gasteiger partial charge in [-0.3, -0.25) is 10.6 Å². The number of fused-ring (bicyclic) bond motifs is 3. The third kappa shape index (κ3) is 5.07. The van der Waals surface area contributed by atoms with Gasteiger partial charge in [-0.15, -0.1) is 0 Å². The maximum Gasteiger partial charge on any atom is 0.241 e. The largest absolute Gasteiger partial charge is 0.365 e. The van der Waals surface area contributed by atoms with E-state index in [9.17, 15) is 13.5 Å². The van der Waals surface area contributed by atoms with Gasteiger partial charge in [0.1, 0.15) is 5.15 Å². The Morgan fingerprint density at radius 3 is 2.76 bits per heavy atom. The number of nitrogens with one attached hydrogen (secondary N) is 3. The average Bonchev–Trinajstić information content (AvgIpc) is 2.66. The summed E-state index contributed by atoms with van der Waals surface area (Å²) >= 11 is 6.12. The number of aliphatic hydroxyl groups excluding tert-OH is 1. The predicted molar refractivity (Wildman–Crippen MR) is 115 cm³/mol. The first kappa shape index (κ1) is 22.4. The Morgan fingerprint density at radius 2 is 2.07 bits per heavy atom. The van der Waals surface area contributed by atoms with Crippen LogP contribution in [0.15, 0.2) is 23.2 Å². The zero-order chi connectivity index (χ0) is 21.2. The monoisotopic (exact) mass is 440 g/mol. The number of hydrogen-bond acceptors (Lipinski definition) is 6. The highest BCUT2D eigenvalue weighted by Crippen LogP contribution is 2.39. The van der Waals surface area contributed by atoms with Crippen molar-refractivity contribution in [3.8, 4) is 0 Å². The Balaban J connectivity index is 2.14. The number of pyridine rings is 1. The molecule has 1 heterocycles. The first-order valence-corrected chi connectivity index (χ1v) is 11.9. The molecule has 2 atom stereocenters. The number of benzene rings is 1. The molecule has 2 unspecified atom stereocenters. The Morgan fingerprint density at radius 1 is 1.31 bits per heavy atom. The van der Waals surface area contributed by atoms with E-state index in [4.69, 9.17) is 11.6 Å². The minimum absolute atomic E-state index is 0.112. The highest BCUT2D eigenvalue weighted by Gasteiger charge is 2.28. The van der Waals surface area contributed by atoms with E-state index in [1.54, 1.807) is 18.3 Å². The number of hydrogen-bond donors (Lipinski definition) is 4. The van der Waals surface area contributed by atoms with Crippen LogP contribution in [0.25, 0.3) is 10.8 Å². The molecule has 0 radical (unpaired) electrons. The fraction of sp³-hybridized carbons (Fsp3) is 0.550. The summed E-state index contributed by atoms with van der Waals surface area (Å²) in [7, 11) is -3.70. The molecule has 1 aromatic heterocycles. The smallest absolute Gasteiger partial charge is 0.241 e. The van der Waals surface area contributed by atoms with Crippen LogP contribution in [-0.2, 0) is 16.4 Å². The van der Waals surface area contributed by atoms with Gasteiger partial charge in [-0.2, -0.15) is 0 Å². The van der Waals surface area contributed by atoms with E-state index in [-0.39, 0.29) is 22.0 Å². The van der Waals surface area contributed by atoms with Gasteiger partial charge in [-0.1, -0.05) is 32.4 Å². The number of rotatable bonds is 8. The minimum Gasteiger partial charge on any atom is -0.365 e. The van der Waals surface area contributed by atoms with Crippen LogP contribution in [0.4, 0.5) is 0 Å². The molecule has 4 N–H and O–H groups in total. The van der Waals surface area contributed by atoms with Gasteiger partial charge >= 0.3 is 0 Å². The van der Waals surface area contributed by atoms with Crippen LogP contribution >= 0.6 is 11.6 Å². The molecule has 9 heteroatoms. The molecule has 1 aromatic carbocycles. The first-order valence-electron chi connectivity index (χ1n) is 10.0. The van der Waals surface area contributed by atoms with Crippen molar-refractivity contribution in [2.45, 2.75) is 57.3 Å². The Kier molecular flexibility index (Phi) is 7.14. The second-order valence-corrected chi connectivity index (χ2v) is 9.94. The number of sulfonamides is 1. The molecule has 29 heavy (non-hydrogen) atoms. The zero-order valence-electron chi connectivity index (χ0n) is 17.0. The molecule has 160 valence electrons. The lowest BCUT2D eigenvalue weighted by molar-refractivity contribution is 0.0870. The van der Waals surface area contributed by atoms with Gasteiger partial charge in [0.2, 0.25) is 10.0 Å². The van der Waals surface area contributed by atoms with Gasteiger partial charge in [-0.05, 0) is 55.0 Å². The zero-order valence-corrected chi connectivity index (χ0v) is 18.6. The third-order valence-electron chi connectivity index (χ3n) is 5.09. The van der Waals surface area contributed by atoms with Crippen molar-refractivity contribution < 1.29 is 13.5 Å². The molecule has 1 aliphatic rings. The summed E-state index contributed by atoms with van der Waals surface area (Å²) in [5.74, 6) is 0.194. The lowest BCUT2D eigenvalue weighted by Gasteiger charge is -2.31. The molecule has 0 fully saturated rings. The lowest BCUT2D eigenvalue weighted by atomic mass is 9.84. The third-order valence-corrected chi connectivity index (χ3v) is 6.76. The van der Waals surface area contributed by atoms with Crippen LogP contribution in [-0.4, -0.2) is 37.9 Å². The minimum atomic E-state index is -3.70. The van der Waals surface area contributed by atoms with Gasteiger partial charge in [0.05, 0.1) is 4.90 Å². The average molecular weight is 441 g/mol. The van der Waals surface area contributed by atoms with E-state index in [2.05, 4.69) is 20.3 Å². The topological polar surface area (TPSA) is 103 Å². The maximum atomic E-state index is 13.1. The number of halogens is 1. The molecule has 2 aromatic rings. The van der Waals surface area contributed by atoms with Crippen molar-refractivity contribution in [2.24, 2.45) is 5.92 Å². The van der Waals surface area contributed by atoms with Crippen LogP contribution in [0.5, 0.6) is 0 Å². The Hall–Kier alpha value is -1.29. The SMILES string of the molecule is CCNC(O)NC1CCCc2cc(S(=O)(=O)NCC(C)C)c3cc(Cl)ncc3c21. The normalized spacial score (nSPS) is 18.2. The summed E-state index contributed by atoms with van der Waals surface area (Å²) in [5, 5.41) is 17.9. The van der Waals surface area contributed by atoms with Crippen molar-refractivity contribution in [1.82, 2.24) is 20.3 Å². The van der Waals surface area contributed by atoms with Crippen molar-refractivity contribution in [2.75, 3.05) is 13.1 Å². The van der Waals surface area contributed by atoms with Crippen molar-refractivity contribution in [3.05, 3.63) is 34.6 Å². The quantitative estimate of drug-likeness (QED) is 0.371. The molecule has 0 amide bonds. The molecule has 0 aliphatic heterocycles. The van der Waals surface area contributed by atoms with Crippen LogP contribution in [0, 0.1) is 5.92 Å². The van der Waals surface area contributed by atoms with Gasteiger partial charge in [0.15, 0.2) is 6.35 Å². The lowest BCUT2D eigenvalue weighted by Crippen LogP contribution is -2.44. The van der Waals surface area contributed by atoms with Gasteiger partial charge in [-0.25, -0.2) is 18.1 Å². The van der Waals surface area contributed by atoms with Crippen molar-refractivity contribution in [1.29, 1.82) is 0 Å². The van der Waals surface area contributed by atoms with Crippen LogP contribution in [0.2, 0.25) is 5.15 Å². The number of aromatic nitrogens is 1. The molecule has 0 spiro atoms. The molecule has 3 rings (SSSR count). The summed E-state index contributed by atoms with van der Waals surface area (Å²) in [5.41, 5.74) is 1.94. The number of aryl methyl sites for hydroxylation is 1. The van der Waals surface area contributed by atoms with Gasteiger partial charge in [0, 0.05) is 29.6 Å². The summed E-state index contributed by atoms with van der Waals surface area (Å²) in [4.78, 5) is 4.43. The van der Waals surface area contributed by atoms with Crippen LogP contribution in [0.1, 0.15) is 50.8 Å². The van der Waals surface area contributed by atoms with Crippen molar-refractivity contribution in [3.63, 3.8) is 0 Å². The first-order chi connectivity index (χ1) is 13.7. The van der Waals surface area contributed by atoms with E-state index < -0.39 is 16.4 Å². The fourth-order valence-corrected chi connectivity index (χ4v) is 5.40.